The lowest BCUT2D eigenvalue weighted by molar-refractivity contribution is 0.338. The maximum atomic E-state index is 4.62. The number of hydrogen-bond acceptors (Lipinski definition) is 4. The highest BCUT2D eigenvalue weighted by Crippen LogP contribution is 2.34. The summed E-state index contributed by atoms with van der Waals surface area (Å²) in [6, 6.07) is 0. The Kier molecular flexibility index (Phi) is 2.55. The van der Waals surface area contributed by atoms with Gasteiger partial charge >= 0.3 is 0 Å². The topological polar surface area (TPSA) is 66.5 Å². The van der Waals surface area contributed by atoms with Crippen molar-refractivity contribution in [1.82, 2.24) is 25.3 Å². The van der Waals surface area contributed by atoms with Gasteiger partial charge in [-0.3, -0.25) is 0 Å². The summed E-state index contributed by atoms with van der Waals surface area (Å²) in [5.74, 6) is 1.02. The van der Waals surface area contributed by atoms with Crippen molar-refractivity contribution in [2.45, 2.75) is 38.1 Å². The first-order valence-corrected chi connectivity index (χ1v) is 6.25. The first kappa shape index (κ1) is 10.7. The molecule has 90 valence electrons. The van der Waals surface area contributed by atoms with E-state index in [1.54, 1.807) is 12.5 Å². The van der Waals surface area contributed by atoms with E-state index < -0.39 is 0 Å². The van der Waals surface area contributed by atoms with E-state index in [0.717, 1.165) is 42.8 Å². The molecule has 1 aliphatic heterocycles. The molecule has 3 heterocycles. The van der Waals surface area contributed by atoms with Crippen LogP contribution in [0.2, 0.25) is 0 Å². The third-order valence-corrected chi connectivity index (χ3v) is 3.54. The summed E-state index contributed by atoms with van der Waals surface area (Å²) in [5.41, 5.74) is 1.71. The van der Waals surface area contributed by atoms with Crippen molar-refractivity contribution in [2.75, 3.05) is 6.54 Å². The molecule has 2 aromatic heterocycles. The molecule has 0 bridgehead atoms. The Morgan fingerprint density at radius 2 is 2.41 bits per heavy atom. The average molecular weight is 231 g/mol. The van der Waals surface area contributed by atoms with E-state index >= 15 is 0 Å². The molecule has 0 spiro atoms. The minimum atomic E-state index is 0.0233. The quantitative estimate of drug-likeness (QED) is 0.844. The Labute approximate surface area is 100 Å². The number of fused-ring (bicyclic) bond motifs is 1. The monoisotopic (exact) mass is 231 g/mol. The van der Waals surface area contributed by atoms with Crippen LogP contribution >= 0.6 is 0 Å². The predicted octanol–water partition coefficient (Wildman–Crippen LogP) is 1.73. The molecular formula is C12H17N5. The van der Waals surface area contributed by atoms with Crippen molar-refractivity contribution in [3.8, 4) is 0 Å². The van der Waals surface area contributed by atoms with Crippen LogP contribution in [-0.2, 0) is 5.54 Å². The van der Waals surface area contributed by atoms with Crippen molar-refractivity contribution in [3.63, 3.8) is 0 Å². The molecule has 5 heteroatoms. The van der Waals surface area contributed by atoms with Gasteiger partial charge in [0.1, 0.15) is 17.7 Å². The van der Waals surface area contributed by atoms with Crippen molar-refractivity contribution in [2.24, 2.45) is 0 Å². The van der Waals surface area contributed by atoms with Crippen molar-refractivity contribution in [1.29, 1.82) is 0 Å². The van der Waals surface area contributed by atoms with E-state index in [2.05, 4.69) is 32.2 Å². The Morgan fingerprint density at radius 1 is 1.47 bits per heavy atom. The first-order chi connectivity index (χ1) is 8.34. The van der Waals surface area contributed by atoms with Gasteiger partial charge in [-0.05, 0) is 25.8 Å². The van der Waals surface area contributed by atoms with E-state index in [4.69, 9.17) is 0 Å². The van der Waals surface area contributed by atoms with Gasteiger partial charge in [0.25, 0.3) is 0 Å². The average Bonchev–Trinajstić information content (AvgIpc) is 2.95. The minimum Gasteiger partial charge on any atom is -0.338 e. The summed E-state index contributed by atoms with van der Waals surface area (Å²) >= 11 is 0. The molecule has 1 fully saturated rings. The lowest BCUT2D eigenvalue weighted by Gasteiger charge is -2.26. The summed E-state index contributed by atoms with van der Waals surface area (Å²) in [6.45, 7) is 3.28. The number of imidazole rings is 1. The van der Waals surface area contributed by atoms with Gasteiger partial charge < -0.3 is 10.3 Å². The third kappa shape index (κ3) is 1.70. The van der Waals surface area contributed by atoms with Crippen LogP contribution in [0, 0.1) is 0 Å². The molecule has 0 aliphatic carbocycles. The molecule has 2 aromatic rings. The summed E-state index contributed by atoms with van der Waals surface area (Å²) < 4.78 is 0. The van der Waals surface area contributed by atoms with Crippen LogP contribution in [0.15, 0.2) is 12.5 Å². The van der Waals surface area contributed by atoms with Gasteiger partial charge in [-0.2, -0.15) is 0 Å². The van der Waals surface area contributed by atoms with Gasteiger partial charge in [-0.1, -0.05) is 13.3 Å². The second-order valence-corrected chi connectivity index (χ2v) is 4.71. The zero-order chi connectivity index (χ0) is 11.7. The van der Waals surface area contributed by atoms with E-state index in [-0.39, 0.29) is 5.54 Å². The van der Waals surface area contributed by atoms with Crippen LogP contribution in [-0.4, -0.2) is 26.5 Å². The molecule has 0 aromatic carbocycles. The van der Waals surface area contributed by atoms with Crippen molar-refractivity contribution < 1.29 is 0 Å². The van der Waals surface area contributed by atoms with Gasteiger partial charge in [0.2, 0.25) is 0 Å². The van der Waals surface area contributed by atoms with Crippen molar-refractivity contribution in [3.05, 3.63) is 18.3 Å². The fourth-order valence-electron chi connectivity index (χ4n) is 2.76. The fraction of sp³-hybridized carbons (Fsp3) is 0.583. The van der Waals surface area contributed by atoms with E-state index in [1.807, 2.05) is 0 Å². The Balaban J connectivity index is 2.05. The highest BCUT2D eigenvalue weighted by Gasteiger charge is 2.37. The van der Waals surface area contributed by atoms with Gasteiger partial charge in [-0.25, -0.2) is 15.0 Å². The van der Waals surface area contributed by atoms with E-state index in [0.29, 0.717) is 0 Å². The van der Waals surface area contributed by atoms with Gasteiger partial charge in [0.15, 0.2) is 5.65 Å². The molecule has 1 unspecified atom stereocenters. The number of H-pyrrole nitrogens is 1. The molecule has 1 saturated heterocycles. The summed E-state index contributed by atoms with van der Waals surface area (Å²) in [5, 5.41) is 3.61. The van der Waals surface area contributed by atoms with E-state index in [1.165, 1.54) is 6.42 Å². The van der Waals surface area contributed by atoms with Gasteiger partial charge in [-0.15, -0.1) is 0 Å². The second kappa shape index (κ2) is 4.07. The number of nitrogens with one attached hydrogen (secondary N) is 2. The smallest absolute Gasteiger partial charge is 0.180 e. The maximum Gasteiger partial charge on any atom is 0.180 e. The summed E-state index contributed by atoms with van der Waals surface area (Å²) in [7, 11) is 0. The highest BCUT2D eigenvalue weighted by molar-refractivity contribution is 5.69. The van der Waals surface area contributed by atoms with Crippen LogP contribution < -0.4 is 5.32 Å². The largest absolute Gasteiger partial charge is 0.338 e. The molecule has 1 aliphatic rings. The predicted molar refractivity (Wildman–Crippen MR) is 65.5 cm³/mol. The molecule has 1 atom stereocenters. The Morgan fingerprint density at radius 3 is 3.12 bits per heavy atom. The molecule has 0 amide bonds. The lowest BCUT2D eigenvalue weighted by atomic mass is 9.91. The van der Waals surface area contributed by atoms with Crippen LogP contribution in [0.5, 0.6) is 0 Å². The minimum absolute atomic E-state index is 0.0233. The summed E-state index contributed by atoms with van der Waals surface area (Å²) in [6.07, 6.45) is 7.95. The van der Waals surface area contributed by atoms with Crippen LogP contribution in [0.1, 0.15) is 38.4 Å². The van der Waals surface area contributed by atoms with Crippen LogP contribution in [0.4, 0.5) is 0 Å². The fourth-order valence-corrected chi connectivity index (χ4v) is 2.76. The number of aromatic nitrogens is 4. The number of rotatable bonds is 3. The third-order valence-electron chi connectivity index (χ3n) is 3.54. The number of hydrogen-bond donors (Lipinski definition) is 2. The number of aromatic amines is 1. The first-order valence-electron chi connectivity index (χ1n) is 6.25. The van der Waals surface area contributed by atoms with Crippen LogP contribution in [0.25, 0.3) is 11.2 Å². The van der Waals surface area contributed by atoms with Crippen molar-refractivity contribution >= 4 is 11.2 Å². The standard InChI is InChI=1S/C12H17N5/c1-2-4-12(5-3-6-15-12)11-16-9-7-13-8-14-10(9)17-11/h7-8,15H,2-6H2,1H3,(H,13,14,16,17). The SMILES string of the molecule is CCCC1(c2nc3ncncc3[nH]2)CCCN1. The normalized spacial score (nSPS) is 24.5. The highest BCUT2D eigenvalue weighted by atomic mass is 15.1. The Bertz CT molecular complexity index is 479. The lowest BCUT2D eigenvalue weighted by Crippen LogP contribution is -2.37. The Hall–Kier alpha value is -1.49. The zero-order valence-corrected chi connectivity index (χ0v) is 10.0. The second-order valence-electron chi connectivity index (χ2n) is 4.71. The molecule has 3 rings (SSSR count). The number of nitrogens with zero attached hydrogens (tertiary/aromatic N) is 3. The van der Waals surface area contributed by atoms with E-state index in [9.17, 15) is 0 Å². The summed E-state index contributed by atoms with van der Waals surface area (Å²) in [4.78, 5) is 16.2. The molecular weight excluding hydrogens is 214 g/mol. The molecule has 17 heavy (non-hydrogen) atoms. The molecule has 2 N–H and O–H groups in total. The van der Waals surface area contributed by atoms with Gasteiger partial charge in [0, 0.05) is 0 Å². The molecule has 0 saturated carbocycles. The zero-order valence-electron chi connectivity index (χ0n) is 10.0. The molecule has 0 radical (unpaired) electrons. The molecule has 5 nitrogen and oxygen atoms in total. The van der Waals surface area contributed by atoms with Crippen LogP contribution in [0.3, 0.4) is 0 Å². The van der Waals surface area contributed by atoms with Gasteiger partial charge in [0.05, 0.1) is 11.7 Å². The maximum absolute atomic E-state index is 4.62.